The van der Waals surface area contributed by atoms with E-state index in [4.69, 9.17) is 10.1 Å². The number of nitrogens with one attached hydrogen (secondary N) is 1. The number of para-hydroxylation sites is 1. The fraction of sp³-hybridized carbons (Fsp3) is 0.273. The lowest BCUT2D eigenvalue weighted by atomic mass is 10.3. The highest BCUT2D eigenvalue weighted by Crippen LogP contribution is 2.20. The standard InChI is InChI=1S/C11H12N2O2S.BrH/c1-7(15-8(2)14)13-9-5-3-4-6-10(9)16-11(13)12;/h3-7,12H,1-2H3;1H. The lowest BCUT2D eigenvalue weighted by molar-refractivity contribution is -0.149. The quantitative estimate of drug-likeness (QED) is 0.866. The summed E-state index contributed by atoms with van der Waals surface area (Å²) in [7, 11) is 0. The number of nitrogens with zero attached hydrogens (tertiary/aromatic N) is 1. The molecule has 0 saturated heterocycles. The first-order chi connectivity index (χ1) is 7.59. The van der Waals surface area contributed by atoms with Crippen molar-refractivity contribution in [3.63, 3.8) is 0 Å². The molecule has 17 heavy (non-hydrogen) atoms. The molecule has 1 aromatic carbocycles. The van der Waals surface area contributed by atoms with Gasteiger partial charge in [0.1, 0.15) is 0 Å². The van der Waals surface area contributed by atoms with E-state index in [2.05, 4.69) is 0 Å². The second-order valence-corrected chi connectivity index (χ2v) is 4.48. The van der Waals surface area contributed by atoms with E-state index in [0.717, 1.165) is 10.2 Å². The normalized spacial score (nSPS) is 11.9. The lowest BCUT2D eigenvalue weighted by Crippen LogP contribution is -2.21. The Labute approximate surface area is 113 Å². The summed E-state index contributed by atoms with van der Waals surface area (Å²) >= 11 is 1.37. The van der Waals surface area contributed by atoms with E-state index in [1.807, 2.05) is 24.3 Å². The first kappa shape index (κ1) is 13.9. The molecule has 1 heterocycles. The number of halogens is 1. The third-order valence-corrected chi connectivity index (χ3v) is 3.21. The number of aromatic nitrogens is 1. The number of ether oxygens (including phenoxy) is 1. The predicted octanol–water partition coefficient (Wildman–Crippen LogP) is 2.84. The summed E-state index contributed by atoms with van der Waals surface area (Å²) in [6.07, 6.45) is -0.443. The van der Waals surface area contributed by atoms with Crippen LogP contribution in [-0.4, -0.2) is 10.5 Å². The van der Waals surface area contributed by atoms with Crippen LogP contribution in [0.1, 0.15) is 20.1 Å². The number of esters is 1. The van der Waals surface area contributed by atoms with Crippen LogP contribution in [0, 0.1) is 5.41 Å². The summed E-state index contributed by atoms with van der Waals surface area (Å²) in [5.41, 5.74) is 0.922. The topological polar surface area (TPSA) is 55.1 Å². The summed E-state index contributed by atoms with van der Waals surface area (Å²) in [6, 6.07) is 7.71. The Morgan fingerprint density at radius 3 is 2.76 bits per heavy atom. The zero-order valence-electron chi connectivity index (χ0n) is 9.47. The van der Waals surface area contributed by atoms with E-state index in [-0.39, 0.29) is 23.0 Å². The van der Waals surface area contributed by atoms with E-state index in [1.54, 1.807) is 11.5 Å². The molecule has 4 nitrogen and oxygen atoms in total. The van der Waals surface area contributed by atoms with Gasteiger partial charge in [-0.2, -0.15) is 0 Å². The van der Waals surface area contributed by atoms with Crippen molar-refractivity contribution in [3.05, 3.63) is 29.1 Å². The zero-order valence-corrected chi connectivity index (χ0v) is 12.0. The molecule has 0 aliphatic carbocycles. The van der Waals surface area contributed by atoms with Gasteiger partial charge in [-0.3, -0.25) is 14.8 Å². The van der Waals surface area contributed by atoms with Crippen molar-refractivity contribution >= 4 is 44.5 Å². The van der Waals surface area contributed by atoms with Crippen LogP contribution in [0.25, 0.3) is 10.2 Å². The SMILES string of the molecule is Br.CC(=O)OC(C)n1c(=N)sc2ccccc21. The van der Waals surface area contributed by atoms with Crippen molar-refractivity contribution in [1.82, 2.24) is 4.57 Å². The Morgan fingerprint density at radius 2 is 2.12 bits per heavy atom. The molecule has 1 N–H and O–H groups in total. The number of hydrogen-bond acceptors (Lipinski definition) is 4. The number of hydrogen-bond donors (Lipinski definition) is 1. The van der Waals surface area contributed by atoms with Crippen molar-refractivity contribution in [2.24, 2.45) is 0 Å². The van der Waals surface area contributed by atoms with E-state index in [0.29, 0.717) is 4.80 Å². The maximum atomic E-state index is 10.9. The van der Waals surface area contributed by atoms with Crippen molar-refractivity contribution in [3.8, 4) is 0 Å². The summed E-state index contributed by atoms with van der Waals surface area (Å²) in [6.45, 7) is 3.13. The van der Waals surface area contributed by atoms with Crippen molar-refractivity contribution in [1.29, 1.82) is 5.41 Å². The summed E-state index contributed by atoms with van der Waals surface area (Å²) in [5, 5.41) is 7.86. The second-order valence-electron chi connectivity index (χ2n) is 3.45. The summed E-state index contributed by atoms with van der Waals surface area (Å²) in [5.74, 6) is -0.338. The molecule has 6 heteroatoms. The molecule has 0 saturated carbocycles. The molecule has 1 unspecified atom stereocenters. The van der Waals surface area contributed by atoms with Gasteiger partial charge in [0.25, 0.3) is 0 Å². The molecule has 0 spiro atoms. The van der Waals surface area contributed by atoms with Crippen LogP contribution in [0.3, 0.4) is 0 Å². The number of carbonyl (C=O) groups is 1. The third kappa shape index (κ3) is 2.76. The Morgan fingerprint density at radius 1 is 1.47 bits per heavy atom. The van der Waals surface area contributed by atoms with E-state index in [1.165, 1.54) is 18.3 Å². The molecule has 0 aliphatic heterocycles. The van der Waals surface area contributed by atoms with Crippen LogP contribution in [0.5, 0.6) is 0 Å². The summed E-state index contributed by atoms with van der Waals surface area (Å²) in [4.78, 5) is 11.3. The maximum Gasteiger partial charge on any atom is 0.304 e. The van der Waals surface area contributed by atoms with Gasteiger partial charge in [0.05, 0.1) is 10.2 Å². The number of benzene rings is 1. The largest absolute Gasteiger partial charge is 0.442 e. The molecule has 1 atom stereocenters. The number of fused-ring (bicyclic) bond motifs is 1. The Kier molecular flexibility index (Phi) is 4.47. The average Bonchev–Trinajstić information content (AvgIpc) is 2.52. The molecule has 2 aromatic rings. The monoisotopic (exact) mass is 316 g/mol. The molecule has 1 aromatic heterocycles. The fourth-order valence-corrected chi connectivity index (χ4v) is 2.63. The summed E-state index contributed by atoms with van der Waals surface area (Å²) < 4.78 is 7.82. The highest BCUT2D eigenvalue weighted by molar-refractivity contribution is 8.93. The molecule has 0 bridgehead atoms. The van der Waals surface area contributed by atoms with Crippen LogP contribution in [0.2, 0.25) is 0 Å². The lowest BCUT2D eigenvalue weighted by Gasteiger charge is -2.14. The van der Waals surface area contributed by atoms with Gasteiger partial charge in [-0.05, 0) is 19.1 Å². The van der Waals surface area contributed by atoms with Gasteiger partial charge in [0, 0.05) is 6.92 Å². The zero-order chi connectivity index (χ0) is 11.7. The van der Waals surface area contributed by atoms with E-state index in [9.17, 15) is 4.79 Å². The Bertz CT molecular complexity index is 590. The first-order valence-corrected chi connectivity index (χ1v) is 5.73. The van der Waals surface area contributed by atoms with Crippen LogP contribution in [0.15, 0.2) is 24.3 Å². The molecule has 0 radical (unpaired) electrons. The number of carbonyl (C=O) groups excluding carboxylic acids is 1. The second kappa shape index (κ2) is 5.46. The first-order valence-electron chi connectivity index (χ1n) is 4.91. The van der Waals surface area contributed by atoms with Gasteiger partial charge in [0.2, 0.25) is 0 Å². The average molecular weight is 317 g/mol. The molecule has 2 rings (SSSR count). The third-order valence-electron chi connectivity index (χ3n) is 2.25. The minimum atomic E-state index is -0.443. The van der Waals surface area contributed by atoms with Gasteiger partial charge in [0.15, 0.2) is 11.0 Å². The molecule has 0 amide bonds. The minimum absolute atomic E-state index is 0. The fourth-order valence-electron chi connectivity index (χ4n) is 1.66. The molecule has 92 valence electrons. The van der Waals surface area contributed by atoms with Crippen LogP contribution < -0.4 is 4.80 Å². The molecule has 0 aliphatic rings. The Hall–Kier alpha value is -1.14. The predicted molar refractivity (Wildman–Crippen MR) is 72.5 cm³/mol. The van der Waals surface area contributed by atoms with E-state index < -0.39 is 6.23 Å². The van der Waals surface area contributed by atoms with Gasteiger partial charge in [-0.1, -0.05) is 23.5 Å². The van der Waals surface area contributed by atoms with Gasteiger partial charge >= 0.3 is 5.97 Å². The smallest absolute Gasteiger partial charge is 0.304 e. The molecule has 0 fully saturated rings. The van der Waals surface area contributed by atoms with Gasteiger partial charge in [-0.25, -0.2) is 0 Å². The molecular weight excluding hydrogens is 304 g/mol. The van der Waals surface area contributed by atoms with Gasteiger partial charge < -0.3 is 4.74 Å². The van der Waals surface area contributed by atoms with Crippen molar-refractivity contribution in [2.45, 2.75) is 20.1 Å². The number of thiazole rings is 1. The van der Waals surface area contributed by atoms with Crippen LogP contribution >= 0.6 is 28.3 Å². The Balaban J connectivity index is 0.00000144. The maximum absolute atomic E-state index is 10.9. The molecular formula is C11H13BrN2O2S. The minimum Gasteiger partial charge on any atom is -0.442 e. The van der Waals surface area contributed by atoms with Crippen molar-refractivity contribution < 1.29 is 9.53 Å². The van der Waals surface area contributed by atoms with Crippen LogP contribution in [-0.2, 0) is 9.53 Å². The van der Waals surface area contributed by atoms with E-state index >= 15 is 0 Å². The van der Waals surface area contributed by atoms with Crippen molar-refractivity contribution in [2.75, 3.05) is 0 Å². The number of rotatable bonds is 2. The highest BCUT2D eigenvalue weighted by Gasteiger charge is 2.13. The van der Waals surface area contributed by atoms with Crippen LogP contribution in [0.4, 0.5) is 0 Å². The highest BCUT2D eigenvalue weighted by atomic mass is 79.9. The van der Waals surface area contributed by atoms with Gasteiger partial charge in [-0.15, -0.1) is 17.0 Å².